The van der Waals surface area contributed by atoms with Crippen LogP contribution < -0.4 is 5.32 Å². The van der Waals surface area contributed by atoms with Gasteiger partial charge in [-0.05, 0) is 29.8 Å². The Morgan fingerprint density at radius 2 is 1.42 bits per heavy atom. The van der Waals surface area contributed by atoms with Gasteiger partial charge in [-0.25, -0.2) is 4.79 Å². The van der Waals surface area contributed by atoms with Gasteiger partial charge in [0.25, 0.3) is 0 Å². The summed E-state index contributed by atoms with van der Waals surface area (Å²) in [4.78, 5) is 12.6. The number of carboxylic acids is 1. The summed E-state index contributed by atoms with van der Waals surface area (Å²) in [5.74, 6) is -0.936. The van der Waals surface area contributed by atoms with E-state index in [-0.39, 0.29) is 10.9 Å². The van der Waals surface area contributed by atoms with E-state index in [1.54, 1.807) is 30.0 Å². The van der Waals surface area contributed by atoms with Crippen LogP contribution in [0.4, 0.5) is 5.69 Å². The van der Waals surface area contributed by atoms with Crippen LogP contribution in [0, 0.1) is 0 Å². The van der Waals surface area contributed by atoms with Gasteiger partial charge in [0.05, 0.1) is 5.56 Å². The van der Waals surface area contributed by atoms with Crippen LogP contribution in [0.1, 0.15) is 21.3 Å². The van der Waals surface area contributed by atoms with Crippen molar-refractivity contribution in [2.24, 2.45) is 0 Å². The molecule has 0 aliphatic rings. The SMILES string of the molecule is O=C(O)c1ccccc1NC(Sc1ccccc1)c1ccccc1. The molecule has 120 valence electrons. The van der Waals surface area contributed by atoms with E-state index in [4.69, 9.17) is 0 Å². The number of thioether (sulfide) groups is 1. The highest BCUT2D eigenvalue weighted by Crippen LogP contribution is 2.36. The van der Waals surface area contributed by atoms with Crippen LogP contribution in [0.5, 0.6) is 0 Å². The smallest absolute Gasteiger partial charge is 0.337 e. The minimum atomic E-state index is -0.936. The maximum atomic E-state index is 11.5. The van der Waals surface area contributed by atoms with Crippen molar-refractivity contribution in [3.8, 4) is 0 Å². The molecule has 0 fully saturated rings. The Morgan fingerprint density at radius 3 is 2.08 bits per heavy atom. The van der Waals surface area contributed by atoms with Crippen LogP contribution >= 0.6 is 11.8 Å². The number of para-hydroxylation sites is 1. The van der Waals surface area contributed by atoms with Crippen molar-refractivity contribution in [2.75, 3.05) is 5.32 Å². The predicted molar refractivity (Wildman–Crippen MR) is 98.5 cm³/mol. The van der Waals surface area contributed by atoms with E-state index < -0.39 is 5.97 Å². The van der Waals surface area contributed by atoms with Gasteiger partial charge >= 0.3 is 5.97 Å². The average Bonchev–Trinajstić information content (AvgIpc) is 2.63. The van der Waals surface area contributed by atoms with Gasteiger partial charge in [0.1, 0.15) is 5.37 Å². The lowest BCUT2D eigenvalue weighted by Crippen LogP contribution is -2.10. The summed E-state index contributed by atoms with van der Waals surface area (Å²) in [6.07, 6.45) is 0. The van der Waals surface area contributed by atoms with E-state index in [0.29, 0.717) is 5.69 Å². The van der Waals surface area contributed by atoms with E-state index in [0.717, 1.165) is 10.5 Å². The van der Waals surface area contributed by atoms with Crippen LogP contribution in [0.25, 0.3) is 0 Å². The number of nitrogens with one attached hydrogen (secondary N) is 1. The monoisotopic (exact) mass is 335 g/mol. The third-order valence-corrected chi connectivity index (χ3v) is 4.71. The lowest BCUT2D eigenvalue weighted by molar-refractivity contribution is 0.0698. The lowest BCUT2D eigenvalue weighted by Gasteiger charge is -2.21. The van der Waals surface area contributed by atoms with Crippen LogP contribution in [0.15, 0.2) is 89.8 Å². The molecule has 3 aromatic rings. The number of carboxylic acid groups (broad SMARTS) is 1. The van der Waals surface area contributed by atoms with Crippen LogP contribution in [-0.2, 0) is 0 Å². The molecule has 1 unspecified atom stereocenters. The Hall–Kier alpha value is -2.72. The Bertz CT molecular complexity index is 806. The molecule has 0 spiro atoms. The van der Waals surface area contributed by atoms with Gasteiger partial charge in [0.2, 0.25) is 0 Å². The molecule has 2 N–H and O–H groups in total. The molecule has 0 aliphatic heterocycles. The Balaban J connectivity index is 1.92. The second-order valence-corrected chi connectivity index (χ2v) is 6.40. The van der Waals surface area contributed by atoms with E-state index in [2.05, 4.69) is 5.32 Å². The zero-order valence-corrected chi connectivity index (χ0v) is 13.7. The molecule has 0 saturated heterocycles. The van der Waals surface area contributed by atoms with Crippen molar-refractivity contribution in [1.29, 1.82) is 0 Å². The summed E-state index contributed by atoms with van der Waals surface area (Å²) in [6.45, 7) is 0. The zero-order valence-electron chi connectivity index (χ0n) is 12.9. The van der Waals surface area contributed by atoms with E-state index >= 15 is 0 Å². The fourth-order valence-corrected chi connectivity index (χ4v) is 3.45. The van der Waals surface area contributed by atoms with Crippen LogP contribution in [0.2, 0.25) is 0 Å². The number of anilines is 1. The first-order valence-corrected chi connectivity index (χ1v) is 8.47. The van der Waals surface area contributed by atoms with Crippen molar-refractivity contribution >= 4 is 23.4 Å². The third kappa shape index (κ3) is 3.97. The molecule has 3 rings (SSSR count). The number of aromatic carboxylic acids is 1. The molecule has 0 saturated carbocycles. The maximum absolute atomic E-state index is 11.5. The molecule has 3 aromatic carbocycles. The second-order valence-electron chi connectivity index (χ2n) is 5.22. The fraction of sp³-hybridized carbons (Fsp3) is 0.0500. The summed E-state index contributed by atoms with van der Waals surface area (Å²) in [5, 5.41) is 12.7. The first-order valence-electron chi connectivity index (χ1n) is 7.59. The summed E-state index contributed by atoms with van der Waals surface area (Å²) >= 11 is 1.65. The van der Waals surface area contributed by atoms with Gasteiger partial charge in [0, 0.05) is 10.6 Å². The van der Waals surface area contributed by atoms with Gasteiger partial charge in [-0.1, -0.05) is 72.4 Å². The van der Waals surface area contributed by atoms with Gasteiger partial charge in [-0.2, -0.15) is 0 Å². The normalized spacial score (nSPS) is 11.7. The average molecular weight is 335 g/mol. The van der Waals surface area contributed by atoms with Gasteiger partial charge in [0.15, 0.2) is 0 Å². The summed E-state index contributed by atoms with van der Waals surface area (Å²) in [5.41, 5.74) is 1.97. The van der Waals surface area contributed by atoms with Gasteiger partial charge < -0.3 is 10.4 Å². The first-order chi connectivity index (χ1) is 11.7. The summed E-state index contributed by atoms with van der Waals surface area (Å²) in [7, 11) is 0. The van der Waals surface area contributed by atoms with Crippen LogP contribution in [-0.4, -0.2) is 11.1 Å². The van der Waals surface area contributed by atoms with Crippen molar-refractivity contribution in [3.63, 3.8) is 0 Å². The molecule has 0 amide bonds. The largest absolute Gasteiger partial charge is 0.478 e. The zero-order chi connectivity index (χ0) is 16.8. The molecule has 0 radical (unpaired) electrons. The maximum Gasteiger partial charge on any atom is 0.337 e. The fourth-order valence-electron chi connectivity index (χ4n) is 2.38. The summed E-state index contributed by atoms with van der Waals surface area (Å²) in [6, 6.07) is 27.1. The van der Waals surface area contributed by atoms with Crippen molar-refractivity contribution < 1.29 is 9.90 Å². The molecule has 0 aromatic heterocycles. The predicted octanol–water partition coefficient (Wildman–Crippen LogP) is 5.29. The number of benzene rings is 3. The molecule has 0 aliphatic carbocycles. The van der Waals surface area contributed by atoms with Crippen molar-refractivity contribution in [2.45, 2.75) is 10.3 Å². The highest BCUT2D eigenvalue weighted by atomic mass is 32.2. The van der Waals surface area contributed by atoms with E-state index in [1.807, 2.05) is 66.7 Å². The molecule has 1 atom stereocenters. The minimum Gasteiger partial charge on any atom is -0.478 e. The molecule has 24 heavy (non-hydrogen) atoms. The standard InChI is InChI=1S/C20H17NO2S/c22-20(23)17-13-7-8-14-18(17)21-19(15-9-3-1-4-10-15)24-16-11-5-2-6-12-16/h1-14,19,21H,(H,22,23). The highest BCUT2D eigenvalue weighted by Gasteiger charge is 2.16. The van der Waals surface area contributed by atoms with Crippen LogP contribution in [0.3, 0.4) is 0 Å². The molecule has 0 heterocycles. The number of rotatable bonds is 6. The Morgan fingerprint density at radius 1 is 0.833 bits per heavy atom. The quantitative estimate of drug-likeness (QED) is 0.475. The number of hydrogen-bond acceptors (Lipinski definition) is 3. The van der Waals surface area contributed by atoms with Gasteiger partial charge in [-0.15, -0.1) is 0 Å². The first kappa shape index (κ1) is 16.1. The number of carbonyl (C=O) groups is 1. The molecule has 4 heteroatoms. The minimum absolute atomic E-state index is 0.0888. The molecular formula is C20H17NO2S. The topological polar surface area (TPSA) is 49.3 Å². The lowest BCUT2D eigenvalue weighted by atomic mass is 10.1. The molecule has 3 nitrogen and oxygen atoms in total. The van der Waals surface area contributed by atoms with Crippen molar-refractivity contribution in [3.05, 3.63) is 96.1 Å². The Kier molecular flexibility index (Phi) is 5.18. The molecule has 0 bridgehead atoms. The van der Waals surface area contributed by atoms with Gasteiger partial charge in [-0.3, -0.25) is 0 Å². The summed E-state index contributed by atoms with van der Waals surface area (Å²) < 4.78 is 0. The second kappa shape index (κ2) is 7.70. The Labute approximate surface area is 145 Å². The van der Waals surface area contributed by atoms with Crippen molar-refractivity contribution in [1.82, 2.24) is 0 Å². The number of hydrogen-bond donors (Lipinski definition) is 2. The van der Waals surface area contributed by atoms with E-state index in [1.165, 1.54) is 0 Å². The van der Waals surface area contributed by atoms with E-state index in [9.17, 15) is 9.90 Å². The molecular weight excluding hydrogens is 318 g/mol. The third-order valence-electron chi connectivity index (χ3n) is 3.54. The highest BCUT2D eigenvalue weighted by molar-refractivity contribution is 7.99.